The van der Waals surface area contributed by atoms with Crippen LogP contribution >= 0.6 is 12.4 Å². The Kier molecular flexibility index (Phi) is 5.30. The van der Waals surface area contributed by atoms with Crippen LogP contribution in [0.5, 0.6) is 0 Å². The van der Waals surface area contributed by atoms with Crippen LogP contribution in [-0.4, -0.2) is 40.2 Å². The lowest BCUT2D eigenvalue weighted by molar-refractivity contribution is -0.124. The summed E-state index contributed by atoms with van der Waals surface area (Å²) in [5.74, 6) is -3.11. The van der Waals surface area contributed by atoms with Gasteiger partial charge in [0.15, 0.2) is 0 Å². The largest absolute Gasteiger partial charge is 0.352 e. The van der Waals surface area contributed by atoms with Gasteiger partial charge in [0.1, 0.15) is 0 Å². The van der Waals surface area contributed by atoms with Crippen LogP contribution in [-0.2, 0) is 17.6 Å². The van der Waals surface area contributed by atoms with Crippen LogP contribution in [0.1, 0.15) is 44.0 Å². The number of carbonyl (C=O) groups excluding carboxylic acids is 1. The van der Waals surface area contributed by atoms with E-state index in [1.54, 1.807) is 0 Å². The molecule has 8 heteroatoms. The lowest BCUT2D eigenvalue weighted by atomic mass is 9.93. The molecule has 2 atom stereocenters. The fourth-order valence-electron chi connectivity index (χ4n) is 3.10. The van der Waals surface area contributed by atoms with E-state index in [4.69, 9.17) is 0 Å². The number of hydrogen-bond acceptors (Lipinski definition) is 3. The fourth-order valence-corrected chi connectivity index (χ4v) is 3.10. The van der Waals surface area contributed by atoms with Gasteiger partial charge < -0.3 is 5.32 Å². The Balaban J connectivity index is 0.00000192. The van der Waals surface area contributed by atoms with E-state index in [0.29, 0.717) is 12.5 Å². The number of aryl methyl sites for hydroxylation is 1. The van der Waals surface area contributed by atoms with Crippen LogP contribution in [0.25, 0.3) is 0 Å². The first-order valence-corrected chi connectivity index (χ1v) is 7.82. The Hall–Kier alpha value is -1.21. The van der Waals surface area contributed by atoms with E-state index in [0.717, 1.165) is 18.5 Å². The Morgan fingerprint density at radius 1 is 1.52 bits per heavy atom. The number of nitrogens with zero attached hydrogens (tertiary/aromatic N) is 2. The van der Waals surface area contributed by atoms with E-state index in [1.807, 2.05) is 4.68 Å². The van der Waals surface area contributed by atoms with Gasteiger partial charge in [0.2, 0.25) is 5.91 Å². The maximum atomic E-state index is 13.2. The molecule has 0 spiro atoms. The van der Waals surface area contributed by atoms with Crippen molar-refractivity contribution in [3.63, 3.8) is 0 Å². The Labute approximate surface area is 140 Å². The molecular formula is C15H23ClF2N4O. The molecule has 130 valence electrons. The standard InChI is InChI=1S/C15H22F2N4O.ClH/c1-9(2)21-7-10-3-4-11(5-12(10)20-21)19-14(22)13-6-15(16,17)8-18-13;/h7,9,11,13,18H,3-6,8H2,1-2H3,(H,19,22);1H. The van der Waals surface area contributed by atoms with Crippen LogP contribution < -0.4 is 10.6 Å². The minimum absolute atomic E-state index is 0. The summed E-state index contributed by atoms with van der Waals surface area (Å²) in [6.45, 7) is 3.73. The van der Waals surface area contributed by atoms with Crippen LogP contribution in [0.15, 0.2) is 6.20 Å². The first-order chi connectivity index (χ1) is 10.3. The normalized spacial score (nSPS) is 25.8. The molecule has 1 saturated heterocycles. The van der Waals surface area contributed by atoms with Crippen molar-refractivity contribution >= 4 is 18.3 Å². The van der Waals surface area contributed by atoms with Gasteiger partial charge in [-0.3, -0.25) is 14.8 Å². The highest BCUT2D eigenvalue weighted by Gasteiger charge is 2.42. The number of aromatic nitrogens is 2. The molecule has 1 fully saturated rings. The third kappa shape index (κ3) is 4.01. The number of nitrogens with one attached hydrogen (secondary N) is 2. The summed E-state index contributed by atoms with van der Waals surface area (Å²) in [5.41, 5.74) is 2.24. The first-order valence-electron chi connectivity index (χ1n) is 7.82. The SMILES string of the molecule is CC(C)n1cc2c(n1)CC(NC(=O)C1CC(F)(F)CN1)CC2.Cl. The van der Waals surface area contributed by atoms with Gasteiger partial charge in [-0.1, -0.05) is 0 Å². The Morgan fingerprint density at radius 2 is 2.26 bits per heavy atom. The lowest BCUT2D eigenvalue weighted by Gasteiger charge is -2.24. The molecule has 1 aliphatic carbocycles. The summed E-state index contributed by atoms with van der Waals surface area (Å²) in [4.78, 5) is 12.1. The highest BCUT2D eigenvalue weighted by Crippen LogP contribution is 2.26. The first kappa shape index (κ1) is 18.1. The minimum Gasteiger partial charge on any atom is -0.352 e. The maximum Gasteiger partial charge on any atom is 0.262 e. The third-order valence-corrected chi connectivity index (χ3v) is 4.40. The molecule has 5 nitrogen and oxygen atoms in total. The number of fused-ring (bicyclic) bond motifs is 1. The molecule has 1 aliphatic heterocycles. The summed E-state index contributed by atoms with van der Waals surface area (Å²) in [6, 6.07) is -0.500. The van der Waals surface area contributed by atoms with Crippen LogP contribution in [0.3, 0.4) is 0 Å². The van der Waals surface area contributed by atoms with E-state index < -0.39 is 24.9 Å². The molecule has 23 heavy (non-hydrogen) atoms. The highest BCUT2D eigenvalue weighted by molar-refractivity contribution is 5.85. The summed E-state index contributed by atoms with van der Waals surface area (Å²) in [6.07, 6.45) is 4.01. The van der Waals surface area contributed by atoms with Crippen molar-refractivity contribution in [3.8, 4) is 0 Å². The quantitative estimate of drug-likeness (QED) is 0.876. The highest BCUT2D eigenvalue weighted by atomic mass is 35.5. The number of halogens is 3. The van der Waals surface area contributed by atoms with Gasteiger partial charge in [0, 0.05) is 31.1 Å². The van der Waals surface area contributed by atoms with Gasteiger partial charge in [0.25, 0.3) is 5.92 Å². The van der Waals surface area contributed by atoms with Gasteiger partial charge in [-0.2, -0.15) is 5.10 Å². The van der Waals surface area contributed by atoms with Gasteiger partial charge >= 0.3 is 0 Å². The second-order valence-corrected chi connectivity index (χ2v) is 6.62. The van der Waals surface area contributed by atoms with Gasteiger partial charge in [-0.15, -0.1) is 12.4 Å². The molecule has 2 unspecified atom stereocenters. The zero-order valence-electron chi connectivity index (χ0n) is 13.3. The van der Waals surface area contributed by atoms with Crippen LogP contribution in [0.2, 0.25) is 0 Å². The second-order valence-electron chi connectivity index (χ2n) is 6.62. The summed E-state index contributed by atoms with van der Waals surface area (Å²) in [5, 5.41) is 10.0. The number of rotatable bonds is 3. The Bertz CT molecular complexity index is 576. The van der Waals surface area contributed by atoms with Crippen LogP contribution in [0.4, 0.5) is 8.78 Å². The van der Waals surface area contributed by atoms with Crippen molar-refractivity contribution in [3.05, 3.63) is 17.5 Å². The number of carbonyl (C=O) groups is 1. The molecule has 2 heterocycles. The van der Waals surface area contributed by atoms with Gasteiger partial charge in [-0.25, -0.2) is 8.78 Å². The van der Waals surface area contributed by atoms with Crippen molar-refractivity contribution in [1.82, 2.24) is 20.4 Å². The average molecular weight is 349 g/mol. The number of alkyl halides is 2. The van der Waals surface area contributed by atoms with Crippen molar-refractivity contribution in [1.29, 1.82) is 0 Å². The van der Waals surface area contributed by atoms with Crippen molar-refractivity contribution in [2.45, 2.75) is 63.6 Å². The molecule has 0 aromatic carbocycles. The van der Waals surface area contributed by atoms with Crippen LogP contribution in [0, 0.1) is 0 Å². The summed E-state index contributed by atoms with van der Waals surface area (Å²) >= 11 is 0. The molecule has 3 rings (SSSR count). The minimum atomic E-state index is -2.78. The molecule has 1 aromatic rings. The maximum absolute atomic E-state index is 13.2. The molecule has 0 saturated carbocycles. The molecular weight excluding hydrogens is 326 g/mol. The number of amides is 1. The molecule has 0 bridgehead atoms. The topological polar surface area (TPSA) is 59.0 Å². The zero-order chi connectivity index (χ0) is 15.9. The van der Waals surface area contributed by atoms with E-state index in [1.165, 1.54) is 5.56 Å². The van der Waals surface area contributed by atoms with E-state index in [2.05, 4.69) is 35.8 Å². The van der Waals surface area contributed by atoms with Gasteiger partial charge in [-0.05, 0) is 32.3 Å². The fraction of sp³-hybridized carbons (Fsp3) is 0.733. The van der Waals surface area contributed by atoms with Crippen molar-refractivity contribution < 1.29 is 13.6 Å². The molecule has 2 aliphatic rings. The lowest BCUT2D eigenvalue weighted by Crippen LogP contribution is -2.47. The van der Waals surface area contributed by atoms with Crippen molar-refractivity contribution in [2.75, 3.05) is 6.54 Å². The van der Waals surface area contributed by atoms with E-state index >= 15 is 0 Å². The molecule has 1 aromatic heterocycles. The predicted molar refractivity (Wildman–Crippen MR) is 85.2 cm³/mol. The van der Waals surface area contributed by atoms with Crippen molar-refractivity contribution in [2.24, 2.45) is 0 Å². The predicted octanol–water partition coefficient (Wildman–Crippen LogP) is 1.86. The molecule has 1 amide bonds. The zero-order valence-corrected chi connectivity index (χ0v) is 14.1. The summed E-state index contributed by atoms with van der Waals surface area (Å²) in [7, 11) is 0. The third-order valence-electron chi connectivity index (χ3n) is 4.40. The second kappa shape index (κ2) is 6.73. The molecule has 2 N–H and O–H groups in total. The van der Waals surface area contributed by atoms with Gasteiger partial charge in [0.05, 0.1) is 18.3 Å². The monoisotopic (exact) mass is 348 g/mol. The van der Waals surface area contributed by atoms with E-state index in [9.17, 15) is 13.6 Å². The van der Waals surface area contributed by atoms with E-state index in [-0.39, 0.29) is 24.4 Å². The number of hydrogen-bond donors (Lipinski definition) is 2. The average Bonchev–Trinajstić information content (AvgIpc) is 3.01. The molecule has 0 radical (unpaired) electrons. The smallest absolute Gasteiger partial charge is 0.262 e. The summed E-state index contributed by atoms with van der Waals surface area (Å²) < 4.78 is 28.2. The Morgan fingerprint density at radius 3 is 2.87 bits per heavy atom.